The van der Waals surface area contributed by atoms with Crippen LogP contribution in [0.4, 0.5) is 17.3 Å². The van der Waals surface area contributed by atoms with Gasteiger partial charge in [0.1, 0.15) is 11.9 Å². The summed E-state index contributed by atoms with van der Waals surface area (Å²) in [5.41, 5.74) is 1.09. The zero-order chi connectivity index (χ0) is 19.8. The van der Waals surface area contributed by atoms with Gasteiger partial charge in [0.25, 0.3) is 5.91 Å². The van der Waals surface area contributed by atoms with E-state index < -0.39 is 0 Å². The molecule has 1 saturated heterocycles. The molecule has 4 N–H and O–H groups in total. The van der Waals surface area contributed by atoms with Crippen molar-refractivity contribution < 1.29 is 4.79 Å². The molecule has 10 nitrogen and oxygen atoms in total. The molecule has 3 rings (SSSR count). The van der Waals surface area contributed by atoms with Crippen LogP contribution in [0.5, 0.6) is 0 Å². The third kappa shape index (κ3) is 5.11. The minimum Gasteiger partial charge on any atom is -0.383 e. The molecule has 0 aromatic carbocycles. The molecule has 1 atom stereocenters. The maximum atomic E-state index is 12.3. The average molecular weight is 381 g/mol. The lowest BCUT2D eigenvalue weighted by Gasteiger charge is -2.23. The first kappa shape index (κ1) is 19.4. The van der Waals surface area contributed by atoms with Crippen molar-refractivity contribution in [2.45, 2.75) is 19.8 Å². The Hall–Kier alpha value is -3.32. The number of hydrogen-bond donors (Lipinski definition) is 4. The number of aromatic nitrogens is 4. The predicted octanol–water partition coefficient (Wildman–Crippen LogP) is 1.04. The van der Waals surface area contributed by atoms with Gasteiger partial charge in [-0.3, -0.25) is 4.79 Å². The van der Waals surface area contributed by atoms with Gasteiger partial charge < -0.3 is 21.3 Å². The van der Waals surface area contributed by atoms with Crippen LogP contribution in [0.2, 0.25) is 0 Å². The Morgan fingerprint density at radius 2 is 2.21 bits per heavy atom. The van der Waals surface area contributed by atoms with Crippen LogP contribution in [-0.2, 0) is 0 Å². The summed E-state index contributed by atoms with van der Waals surface area (Å²) in [4.78, 5) is 20.4. The summed E-state index contributed by atoms with van der Waals surface area (Å²) in [5.74, 6) is 1.08. The van der Waals surface area contributed by atoms with Crippen LogP contribution in [0.25, 0.3) is 0 Å². The third-order valence-corrected chi connectivity index (χ3v) is 4.35. The van der Waals surface area contributed by atoms with Gasteiger partial charge in [0.15, 0.2) is 17.2 Å². The molecular weight excluding hydrogens is 358 g/mol. The second-order valence-electron chi connectivity index (χ2n) is 6.47. The van der Waals surface area contributed by atoms with Crippen LogP contribution in [0.15, 0.2) is 18.5 Å². The van der Waals surface area contributed by atoms with Crippen molar-refractivity contribution in [3.8, 4) is 6.07 Å². The summed E-state index contributed by atoms with van der Waals surface area (Å²) < 4.78 is 0. The number of amides is 1. The van der Waals surface area contributed by atoms with Crippen molar-refractivity contribution in [1.29, 1.82) is 5.26 Å². The molecule has 0 saturated carbocycles. The Bertz CT molecular complexity index is 841. The van der Waals surface area contributed by atoms with E-state index in [2.05, 4.69) is 41.4 Å². The zero-order valence-corrected chi connectivity index (χ0v) is 15.7. The quantitative estimate of drug-likeness (QED) is 0.553. The lowest BCUT2D eigenvalue weighted by atomic mass is 9.99. The molecule has 1 unspecified atom stereocenters. The highest BCUT2D eigenvalue weighted by atomic mass is 16.1. The summed E-state index contributed by atoms with van der Waals surface area (Å²) in [6.07, 6.45) is 5.10. The van der Waals surface area contributed by atoms with E-state index >= 15 is 0 Å². The van der Waals surface area contributed by atoms with E-state index in [4.69, 9.17) is 5.26 Å². The maximum Gasteiger partial charge on any atom is 0.273 e. The number of hydrogen-bond acceptors (Lipinski definition) is 9. The fourth-order valence-electron chi connectivity index (χ4n) is 2.93. The van der Waals surface area contributed by atoms with E-state index in [1.54, 1.807) is 6.07 Å². The van der Waals surface area contributed by atoms with Crippen molar-refractivity contribution in [2.24, 2.45) is 5.92 Å². The van der Waals surface area contributed by atoms with E-state index in [1.807, 2.05) is 13.0 Å². The molecule has 0 radical (unpaired) electrons. The van der Waals surface area contributed by atoms with Gasteiger partial charge in [-0.2, -0.15) is 5.26 Å². The molecule has 1 aliphatic rings. The van der Waals surface area contributed by atoms with Crippen LogP contribution in [0.1, 0.15) is 35.9 Å². The van der Waals surface area contributed by atoms with E-state index in [0.717, 1.165) is 32.5 Å². The molecular formula is C18H23N9O. The van der Waals surface area contributed by atoms with E-state index in [0.29, 0.717) is 29.8 Å². The Kier molecular flexibility index (Phi) is 6.64. The molecule has 28 heavy (non-hydrogen) atoms. The summed E-state index contributed by atoms with van der Waals surface area (Å²) in [7, 11) is 0. The molecule has 10 heteroatoms. The van der Waals surface area contributed by atoms with Crippen LogP contribution < -0.4 is 21.3 Å². The smallest absolute Gasteiger partial charge is 0.273 e. The summed E-state index contributed by atoms with van der Waals surface area (Å²) >= 11 is 0. The Morgan fingerprint density at radius 3 is 2.89 bits per heavy atom. The van der Waals surface area contributed by atoms with Crippen LogP contribution >= 0.6 is 0 Å². The van der Waals surface area contributed by atoms with Crippen molar-refractivity contribution in [3.05, 3.63) is 29.8 Å². The minimum absolute atomic E-state index is 0.228. The van der Waals surface area contributed by atoms with E-state index in [1.165, 1.54) is 12.4 Å². The lowest BCUT2D eigenvalue weighted by molar-refractivity contribution is 0.0950. The Labute approximate surface area is 163 Å². The van der Waals surface area contributed by atoms with Crippen LogP contribution in [0, 0.1) is 17.2 Å². The highest BCUT2D eigenvalue weighted by Gasteiger charge is 2.18. The van der Waals surface area contributed by atoms with E-state index in [-0.39, 0.29) is 17.3 Å². The van der Waals surface area contributed by atoms with Crippen molar-refractivity contribution >= 4 is 23.2 Å². The molecule has 3 heterocycles. The normalized spacial score (nSPS) is 16.1. The summed E-state index contributed by atoms with van der Waals surface area (Å²) in [5, 5.41) is 29.4. The number of carbonyl (C=O) groups excluding carboxylic acids is 1. The van der Waals surface area contributed by atoms with Crippen molar-refractivity contribution in [2.75, 3.05) is 36.8 Å². The fraction of sp³-hybridized carbons (Fsp3) is 0.444. The number of nitrogens with zero attached hydrogens (tertiary/aromatic N) is 5. The zero-order valence-electron chi connectivity index (χ0n) is 15.7. The number of rotatable bonds is 7. The molecule has 0 aliphatic carbocycles. The lowest BCUT2D eigenvalue weighted by Crippen LogP contribution is -2.34. The van der Waals surface area contributed by atoms with Gasteiger partial charge in [-0.15, -0.1) is 10.2 Å². The molecule has 2 aromatic heterocycles. The molecule has 0 spiro atoms. The Balaban J connectivity index is 1.77. The first-order chi connectivity index (χ1) is 13.7. The second-order valence-corrected chi connectivity index (χ2v) is 6.47. The summed E-state index contributed by atoms with van der Waals surface area (Å²) in [6, 6.07) is 3.65. The van der Waals surface area contributed by atoms with Crippen LogP contribution in [-0.4, -0.2) is 52.3 Å². The third-order valence-electron chi connectivity index (χ3n) is 4.35. The number of nitrogens with one attached hydrogen (secondary N) is 4. The predicted molar refractivity (Wildman–Crippen MR) is 104 cm³/mol. The highest BCUT2D eigenvalue weighted by molar-refractivity contribution is 5.97. The molecule has 146 valence electrons. The monoisotopic (exact) mass is 381 g/mol. The van der Waals surface area contributed by atoms with Gasteiger partial charge >= 0.3 is 0 Å². The molecule has 1 amide bonds. The van der Waals surface area contributed by atoms with Crippen LogP contribution in [0.3, 0.4) is 0 Å². The first-order valence-electron chi connectivity index (χ1n) is 9.29. The van der Waals surface area contributed by atoms with Gasteiger partial charge in [0, 0.05) is 19.2 Å². The van der Waals surface area contributed by atoms with Gasteiger partial charge in [-0.25, -0.2) is 9.97 Å². The fourth-order valence-corrected chi connectivity index (χ4v) is 2.93. The van der Waals surface area contributed by atoms with Crippen molar-refractivity contribution in [1.82, 2.24) is 30.8 Å². The second kappa shape index (κ2) is 9.57. The van der Waals surface area contributed by atoms with Gasteiger partial charge in [-0.05, 0) is 38.8 Å². The average Bonchev–Trinajstić information content (AvgIpc) is 2.74. The van der Waals surface area contributed by atoms with Gasteiger partial charge in [-0.1, -0.05) is 0 Å². The SMILES string of the molecule is CCNC(=O)c1nnc(Nc2cnc(C#N)cn2)cc1NCC1CCCNC1. The molecule has 1 fully saturated rings. The minimum atomic E-state index is -0.274. The number of nitriles is 1. The standard InChI is InChI=1S/C18H23N9O/c1-2-21-18(28)17-14(23-9-12-4-3-5-20-8-12)6-15(26-27-17)25-16-11-22-13(7-19)10-24-16/h6,10-12,20H,2-5,8-9H2,1H3,(H,21,28)(H2,23,24,25,26). The maximum absolute atomic E-state index is 12.3. The largest absolute Gasteiger partial charge is 0.383 e. The van der Waals surface area contributed by atoms with E-state index in [9.17, 15) is 4.79 Å². The highest BCUT2D eigenvalue weighted by Crippen LogP contribution is 2.20. The molecule has 1 aliphatic heterocycles. The molecule has 0 bridgehead atoms. The number of piperidine rings is 1. The summed E-state index contributed by atoms with van der Waals surface area (Å²) in [6.45, 7) is 5.10. The van der Waals surface area contributed by atoms with Crippen molar-refractivity contribution in [3.63, 3.8) is 0 Å². The number of anilines is 3. The molecule has 2 aromatic rings. The van der Waals surface area contributed by atoms with Gasteiger partial charge in [0.05, 0.1) is 18.1 Å². The Morgan fingerprint density at radius 1 is 1.32 bits per heavy atom. The topological polar surface area (TPSA) is 141 Å². The first-order valence-corrected chi connectivity index (χ1v) is 9.29. The van der Waals surface area contributed by atoms with Gasteiger partial charge in [0.2, 0.25) is 0 Å². The number of carbonyl (C=O) groups is 1.